The van der Waals surface area contributed by atoms with Gasteiger partial charge in [0.05, 0.1) is 0 Å². The lowest BCUT2D eigenvalue weighted by molar-refractivity contribution is 0.0513. The average Bonchev–Trinajstić information content (AvgIpc) is 2.41. The number of rotatable bonds is 7. The lowest BCUT2D eigenvalue weighted by Gasteiger charge is -2.42. The largest absolute Gasteiger partial charge is 0.382 e. The van der Waals surface area contributed by atoms with Gasteiger partial charge < -0.3 is 10.1 Å². The molecule has 0 spiro atoms. The van der Waals surface area contributed by atoms with Gasteiger partial charge in [-0.3, -0.25) is 9.78 Å². The summed E-state index contributed by atoms with van der Waals surface area (Å²) >= 11 is 0. The summed E-state index contributed by atoms with van der Waals surface area (Å²) in [7, 11) is 0. The third-order valence-corrected chi connectivity index (χ3v) is 3.96. The molecule has 0 atom stereocenters. The molecular formula is C15H22N2O2. The zero-order valence-electron chi connectivity index (χ0n) is 11.5. The molecule has 0 saturated heterocycles. The van der Waals surface area contributed by atoms with Crippen LogP contribution in [0.1, 0.15) is 43.0 Å². The molecule has 0 aliphatic heterocycles. The Morgan fingerprint density at radius 2 is 2.16 bits per heavy atom. The highest BCUT2D eigenvalue weighted by Crippen LogP contribution is 2.43. The third-order valence-electron chi connectivity index (χ3n) is 3.96. The number of carbonyl (C=O) groups excluding carboxylic acids is 1. The molecule has 0 aromatic carbocycles. The number of hydrogen-bond donors (Lipinski definition) is 1. The van der Waals surface area contributed by atoms with Gasteiger partial charge in [-0.15, -0.1) is 0 Å². The molecule has 0 unspecified atom stereocenters. The van der Waals surface area contributed by atoms with Gasteiger partial charge in [0, 0.05) is 37.7 Å². The van der Waals surface area contributed by atoms with Crippen LogP contribution in [0.15, 0.2) is 24.5 Å². The van der Waals surface area contributed by atoms with Crippen molar-refractivity contribution in [3.05, 3.63) is 30.1 Å². The summed E-state index contributed by atoms with van der Waals surface area (Å²) in [4.78, 5) is 15.9. The van der Waals surface area contributed by atoms with Crippen LogP contribution in [0.4, 0.5) is 0 Å². The van der Waals surface area contributed by atoms with Crippen LogP contribution in [-0.2, 0) is 4.74 Å². The van der Waals surface area contributed by atoms with Crippen molar-refractivity contribution in [1.82, 2.24) is 10.3 Å². The monoisotopic (exact) mass is 262 g/mol. The van der Waals surface area contributed by atoms with E-state index >= 15 is 0 Å². The first-order valence-corrected chi connectivity index (χ1v) is 7.02. The van der Waals surface area contributed by atoms with Crippen molar-refractivity contribution in [2.24, 2.45) is 5.41 Å². The van der Waals surface area contributed by atoms with Crippen molar-refractivity contribution in [2.75, 3.05) is 19.8 Å². The van der Waals surface area contributed by atoms with Gasteiger partial charge in [0.25, 0.3) is 5.91 Å². The topological polar surface area (TPSA) is 51.2 Å². The molecule has 4 heteroatoms. The van der Waals surface area contributed by atoms with Gasteiger partial charge in [0.2, 0.25) is 0 Å². The molecular weight excluding hydrogens is 240 g/mol. The summed E-state index contributed by atoms with van der Waals surface area (Å²) in [6, 6.07) is 3.48. The molecule has 1 amide bonds. The fraction of sp³-hybridized carbons (Fsp3) is 0.600. The van der Waals surface area contributed by atoms with Crippen molar-refractivity contribution in [3.8, 4) is 0 Å². The van der Waals surface area contributed by atoms with Crippen LogP contribution in [0, 0.1) is 5.41 Å². The fourth-order valence-corrected chi connectivity index (χ4v) is 2.50. The van der Waals surface area contributed by atoms with Crippen LogP contribution in [0.25, 0.3) is 0 Å². The molecule has 1 fully saturated rings. The van der Waals surface area contributed by atoms with Crippen LogP contribution in [0.3, 0.4) is 0 Å². The SMILES string of the molecule is CCOCCC1(CNC(=O)c2ccncc2)CCC1. The Hall–Kier alpha value is -1.42. The average molecular weight is 262 g/mol. The first-order valence-electron chi connectivity index (χ1n) is 7.02. The van der Waals surface area contributed by atoms with Crippen LogP contribution in [0.5, 0.6) is 0 Å². The molecule has 1 aliphatic rings. The summed E-state index contributed by atoms with van der Waals surface area (Å²) in [5.74, 6) is -0.00918. The van der Waals surface area contributed by atoms with Gasteiger partial charge in [-0.1, -0.05) is 6.42 Å². The van der Waals surface area contributed by atoms with E-state index in [2.05, 4.69) is 10.3 Å². The number of nitrogens with zero attached hydrogens (tertiary/aromatic N) is 1. The molecule has 1 saturated carbocycles. The van der Waals surface area contributed by atoms with Crippen LogP contribution in [-0.4, -0.2) is 30.6 Å². The Bertz CT molecular complexity index is 402. The van der Waals surface area contributed by atoms with Crippen LogP contribution >= 0.6 is 0 Å². The number of ether oxygens (including phenoxy) is 1. The highest BCUT2D eigenvalue weighted by Gasteiger charge is 2.36. The Kier molecular flexibility index (Phi) is 4.91. The van der Waals surface area contributed by atoms with E-state index in [0.717, 1.165) is 26.2 Å². The number of carbonyl (C=O) groups is 1. The van der Waals surface area contributed by atoms with Crippen molar-refractivity contribution in [2.45, 2.75) is 32.6 Å². The Morgan fingerprint density at radius 1 is 1.42 bits per heavy atom. The van der Waals surface area contributed by atoms with Gasteiger partial charge in [-0.05, 0) is 43.7 Å². The smallest absolute Gasteiger partial charge is 0.251 e. The Labute approximate surface area is 114 Å². The number of pyridine rings is 1. The molecule has 1 aliphatic carbocycles. The molecule has 1 aromatic rings. The molecule has 1 aromatic heterocycles. The molecule has 1 heterocycles. The molecule has 0 radical (unpaired) electrons. The fourth-order valence-electron chi connectivity index (χ4n) is 2.50. The predicted molar refractivity (Wildman–Crippen MR) is 74.0 cm³/mol. The maximum atomic E-state index is 12.0. The van der Waals surface area contributed by atoms with Crippen molar-refractivity contribution < 1.29 is 9.53 Å². The minimum atomic E-state index is -0.00918. The van der Waals surface area contributed by atoms with E-state index in [1.165, 1.54) is 19.3 Å². The summed E-state index contributed by atoms with van der Waals surface area (Å²) in [6.07, 6.45) is 7.97. The molecule has 1 N–H and O–H groups in total. The van der Waals surface area contributed by atoms with Crippen molar-refractivity contribution >= 4 is 5.91 Å². The maximum Gasteiger partial charge on any atom is 0.251 e. The Balaban J connectivity index is 1.81. The second-order valence-corrected chi connectivity index (χ2v) is 5.22. The minimum Gasteiger partial charge on any atom is -0.382 e. The number of aromatic nitrogens is 1. The van der Waals surface area contributed by atoms with E-state index < -0.39 is 0 Å². The molecule has 0 bridgehead atoms. The van der Waals surface area contributed by atoms with Crippen molar-refractivity contribution in [1.29, 1.82) is 0 Å². The molecule has 19 heavy (non-hydrogen) atoms. The van der Waals surface area contributed by atoms with E-state index in [9.17, 15) is 4.79 Å². The predicted octanol–water partition coefficient (Wildman–Crippen LogP) is 2.41. The standard InChI is InChI=1S/C15H22N2O2/c1-2-19-11-8-15(6-3-7-15)12-17-14(18)13-4-9-16-10-5-13/h4-5,9-10H,2-3,6-8,11-12H2,1H3,(H,17,18). The first-order chi connectivity index (χ1) is 9.26. The molecule has 104 valence electrons. The number of amides is 1. The quantitative estimate of drug-likeness (QED) is 0.768. The van der Waals surface area contributed by atoms with Crippen LogP contribution < -0.4 is 5.32 Å². The summed E-state index contributed by atoms with van der Waals surface area (Å²) in [5, 5.41) is 3.05. The normalized spacial score (nSPS) is 16.7. The second kappa shape index (κ2) is 6.66. The lowest BCUT2D eigenvalue weighted by Crippen LogP contribution is -2.42. The van der Waals surface area contributed by atoms with Gasteiger partial charge in [-0.25, -0.2) is 0 Å². The third kappa shape index (κ3) is 3.77. The van der Waals surface area contributed by atoms with E-state index in [-0.39, 0.29) is 11.3 Å². The van der Waals surface area contributed by atoms with Gasteiger partial charge in [-0.2, -0.15) is 0 Å². The van der Waals surface area contributed by atoms with E-state index in [1.54, 1.807) is 24.5 Å². The molecule has 2 rings (SSSR count). The van der Waals surface area contributed by atoms with Gasteiger partial charge >= 0.3 is 0 Å². The first kappa shape index (κ1) is 14.0. The molecule has 4 nitrogen and oxygen atoms in total. The maximum absolute atomic E-state index is 12.0. The second-order valence-electron chi connectivity index (χ2n) is 5.22. The number of nitrogens with one attached hydrogen (secondary N) is 1. The van der Waals surface area contributed by atoms with Crippen molar-refractivity contribution in [3.63, 3.8) is 0 Å². The highest BCUT2D eigenvalue weighted by molar-refractivity contribution is 5.93. The zero-order valence-corrected chi connectivity index (χ0v) is 11.5. The minimum absolute atomic E-state index is 0.00918. The zero-order chi connectivity index (χ0) is 13.6. The van der Waals surface area contributed by atoms with E-state index in [0.29, 0.717) is 5.56 Å². The highest BCUT2D eigenvalue weighted by atomic mass is 16.5. The van der Waals surface area contributed by atoms with E-state index in [4.69, 9.17) is 4.74 Å². The van der Waals surface area contributed by atoms with Gasteiger partial charge in [0.1, 0.15) is 0 Å². The summed E-state index contributed by atoms with van der Waals surface area (Å²) in [5.41, 5.74) is 0.937. The summed E-state index contributed by atoms with van der Waals surface area (Å²) < 4.78 is 5.44. The van der Waals surface area contributed by atoms with Gasteiger partial charge in [0.15, 0.2) is 0 Å². The summed E-state index contributed by atoms with van der Waals surface area (Å²) in [6.45, 7) is 4.32. The van der Waals surface area contributed by atoms with E-state index in [1.807, 2.05) is 6.92 Å². The number of hydrogen-bond acceptors (Lipinski definition) is 3. The Morgan fingerprint density at radius 3 is 2.74 bits per heavy atom. The van der Waals surface area contributed by atoms with Crippen LogP contribution in [0.2, 0.25) is 0 Å². The lowest BCUT2D eigenvalue weighted by atomic mass is 9.66.